The molecule has 1 aromatic rings. The van der Waals surface area contributed by atoms with Gasteiger partial charge in [0, 0.05) is 24.3 Å². The summed E-state index contributed by atoms with van der Waals surface area (Å²) in [6, 6.07) is 9.15. The van der Waals surface area contributed by atoms with Gasteiger partial charge in [0.15, 0.2) is 0 Å². The summed E-state index contributed by atoms with van der Waals surface area (Å²) in [7, 11) is 0. The van der Waals surface area contributed by atoms with Crippen molar-refractivity contribution in [2.45, 2.75) is 26.3 Å². The molecule has 0 saturated heterocycles. The number of unbranched alkanes of at least 4 members (excludes halogenated alkanes) is 1. The van der Waals surface area contributed by atoms with Crippen LogP contribution in [0.25, 0.3) is 0 Å². The Balaban J connectivity index is 2.52. The van der Waals surface area contributed by atoms with Crippen LogP contribution in [0.2, 0.25) is 5.02 Å². The number of benzene rings is 1. The summed E-state index contributed by atoms with van der Waals surface area (Å²) in [5.74, 6) is -0.406. The Kier molecular flexibility index (Phi) is 7.23. The van der Waals surface area contributed by atoms with Gasteiger partial charge in [-0.05, 0) is 18.1 Å². The van der Waals surface area contributed by atoms with Gasteiger partial charge in [-0.1, -0.05) is 43.1 Å². The van der Waals surface area contributed by atoms with Gasteiger partial charge in [0.05, 0.1) is 0 Å². The van der Waals surface area contributed by atoms with E-state index in [4.69, 9.17) is 16.9 Å². The molecule has 0 atom stereocenters. The van der Waals surface area contributed by atoms with E-state index in [-0.39, 0.29) is 5.57 Å². The number of nitrogens with one attached hydrogen (secondary N) is 2. The Hall–Kier alpha value is -1.99. The number of hydrogen-bond acceptors (Lipinski definition) is 3. The van der Waals surface area contributed by atoms with Crippen LogP contribution in [0.15, 0.2) is 36.0 Å². The Morgan fingerprint density at radius 3 is 2.85 bits per heavy atom. The van der Waals surface area contributed by atoms with Gasteiger partial charge in [-0.25, -0.2) is 0 Å². The zero-order valence-electron chi connectivity index (χ0n) is 11.4. The van der Waals surface area contributed by atoms with Crippen molar-refractivity contribution in [3.05, 3.63) is 46.6 Å². The number of carbonyl (C=O) groups is 1. The van der Waals surface area contributed by atoms with E-state index in [9.17, 15) is 4.79 Å². The standard InChI is InChI=1S/C15H18ClN3O/c1-2-3-8-18-10-13(9-17)15(20)19-11-12-6-4-5-7-14(12)16/h4-7,10,18H,2-3,8,11H2,1H3,(H,19,20)/b13-10-. The second-order valence-electron chi connectivity index (χ2n) is 4.25. The lowest BCUT2D eigenvalue weighted by molar-refractivity contribution is -0.117. The summed E-state index contributed by atoms with van der Waals surface area (Å²) in [6.45, 7) is 3.12. The van der Waals surface area contributed by atoms with Gasteiger partial charge in [0.25, 0.3) is 5.91 Å². The average Bonchev–Trinajstić information content (AvgIpc) is 2.46. The predicted molar refractivity (Wildman–Crippen MR) is 79.9 cm³/mol. The topological polar surface area (TPSA) is 64.9 Å². The molecular weight excluding hydrogens is 274 g/mol. The van der Waals surface area contributed by atoms with Crippen molar-refractivity contribution in [1.82, 2.24) is 10.6 Å². The van der Waals surface area contributed by atoms with Gasteiger partial charge >= 0.3 is 0 Å². The Morgan fingerprint density at radius 2 is 2.20 bits per heavy atom. The number of carbonyl (C=O) groups excluding carboxylic acids is 1. The van der Waals surface area contributed by atoms with E-state index in [1.165, 1.54) is 6.20 Å². The first-order valence-corrected chi connectivity index (χ1v) is 6.92. The van der Waals surface area contributed by atoms with Gasteiger partial charge in [0.2, 0.25) is 0 Å². The van der Waals surface area contributed by atoms with Gasteiger partial charge in [0.1, 0.15) is 11.6 Å². The summed E-state index contributed by atoms with van der Waals surface area (Å²) in [5.41, 5.74) is 0.881. The maximum Gasteiger partial charge on any atom is 0.263 e. The molecule has 0 spiro atoms. The van der Waals surface area contributed by atoms with Crippen molar-refractivity contribution in [3.8, 4) is 6.07 Å². The zero-order chi connectivity index (χ0) is 14.8. The van der Waals surface area contributed by atoms with Crippen molar-refractivity contribution in [2.75, 3.05) is 6.54 Å². The maximum absolute atomic E-state index is 11.8. The van der Waals surface area contributed by atoms with Gasteiger partial charge < -0.3 is 10.6 Å². The van der Waals surface area contributed by atoms with E-state index in [2.05, 4.69) is 17.6 Å². The highest BCUT2D eigenvalue weighted by atomic mass is 35.5. The lowest BCUT2D eigenvalue weighted by Gasteiger charge is -2.06. The molecule has 0 aliphatic rings. The van der Waals surface area contributed by atoms with Crippen molar-refractivity contribution >= 4 is 17.5 Å². The summed E-state index contributed by atoms with van der Waals surface area (Å²) in [6.07, 6.45) is 3.51. The van der Waals surface area contributed by atoms with Crippen LogP contribution in [0.1, 0.15) is 25.3 Å². The molecule has 2 N–H and O–H groups in total. The smallest absolute Gasteiger partial charge is 0.263 e. The number of nitriles is 1. The Labute approximate surface area is 124 Å². The number of halogens is 1. The minimum atomic E-state index is -0.406. The van der Waals surface area contributed by atoms with E-state index >= 15 is 0 Å². The van der Waals surface area contributed by atoms with Crippen LogP contribution in [-0.2, 0) is 11.3 Å². The second-order valence-corrected chi connectivity index (χ2v) is 4.66. The van der Waals surface area contributed by atoms with E-state index in [0.717, 1.165) is 24.9 Å². The summed E-state index contributed by atoms with van der Waals surface area (Å²) >= 11 is 6.00. The minimum absolute atomic E-state index is 0.0631. The highest BCUT2D eigenvalue weighted by molar-refractivity contribution is 6.31. The largest absolute Gasteiger partial charge is 0.390 e. The van der Waals surface area contributed by atoms with E-state index in [1.54, 1.807) is 6.07 Å². The molecule has 1 aromatic carbocycles. The van der Waals surface area contributed by atoms with E-state index < -0.39 is 5.91 Å². The molecule has 1 rings (SSSR count). The van der Waals surface area contributed by atoms with Gasteiger partial charge in [-0.2, -0.15) is 5.26 Å². The maximum atomic E-state index is 11.8. The molecule has 0 aromatic heterocycles. The van der Waals surface area contributed by atoms with E-state index in [1.807, 2.05) is 24.3 Å². The molecule has 4 nitrogen and oxygen atoms in total. The molecule has 0 radical (unpaired) electrons. The Bertz CT molecular complexity index is 520. The summed E-state index contributed by atoms with van der Waals surface area (Å²) < 4.78 is 0. The lowest BCUT2D eigenvalue weighted by Crippen LogP contribution is -2.25. The van der Waals surface area contributed by atoms with Crippen molar-refractivity contribution in [1.29, 1.82) is 5.26 Å². The van der Waals surface area contributed by atoms with Crippen LogP contribution < -0.4 is 10.6 Å². The van der Waals surface area contributed by atoms with Gasteiger partial charge in [-0.15, -0.1) is 0 Å². The van der Waals surface area contributed by atoms with Crippen LogP contribution in [0, 0.1) is 11.3 Å². The average molecular weight is 292 g/mol. The molecule has 0 aliphatic heterocycles. The molecule has 0 unspecified atom stereocenters. The minimum Gasteiger partial charge on any atom is -0.390 e. The first-order chi connectivity index (χ1) is 9.69. The third-order valence-corrected chi connectivity index (χ3v) is 3.05. The molecule has 106 valence electrons. The zero-order valence-corrected chi connectivity index (χ0v) is 12.2. The normalized spacial score (nSPS) is 10.8. The SMILES string of the molecule is CCCCN/C=C(/C#N)C(=O)NCc1ccccc1Cl. The number of rotatable bonds is 7. The van der Waals surface area contributed by atoms with Crippen LogP contribution in [0.5, 0.6) is 0 Å². The van der Waals surface area contributed by atoms with Gasteiger partial charge in [-0.3, -0.25) is 4.79 Å². The fraction of sp³-hybridized carbons (Fsp3) is 0.333. The number of nitrogens with zero attached hydrogens (tertiary/aromatic N) is 1. The monoisotopic (exact) mass is 291 g/mol. The van der Waals surface area contributed by atoms with Crippen molar-refractivity contribution in [2.24, 2.45) is 0 Å². The molecule has 0 saturated carbocycles. The molecule has 0 heterocycles. The van der Waals surface area contributed by atoms with Crippen LogP contribution >= 0.6 is 11.6 Å². The first-order valence-electron chi connectivity index (χ1n) is 6.54. The molecule has 0 fully saturated rings. The summed E-state index contributed by atoms with van der Waals surface area (Å²) in [4.78, 5) is 11.8. The molecule has 0 bridgehead atoms. The number of amides is 1. The molecule has 5 heteroatoms. The fourth-order valence-electron chi connectivity index (χ4n) is 1.51. The van der Waals surface area contributed by atoms with Crippen LogP contribution in [0.4, 0.5) is 0 Å². The van der Waals surface area contributed by atoms with E-state index in [0.29, 0.717) is 11.6 Å². The molecule has 0 aliphatic carbocycles. The third-order valence-electron chi connectivity index (χ3n) is 2.68. The van der Waals surface area contributed by atoms with Crippen molar-refractivity contribution < 1.29 is 4.79 Å². The lowest BCUT2D eigenvalue weighted by atomic mass is 10.2. The quantitative estimate of drug-likeness (QED) is 0.461. The summed E-state index contributed by atoms with van der Waals surface area (Å²) in [5, 5.41) is 15.2. The van der Waals surface area contributed by atoms with Crippen LogP contribution in [-0.4, -0.2) is 12.5 Å². The fourth-order valence-corrected chi connectivity index (χ4v) is 1.72. The molecule has 1 amide bonds. The highest BCUT2D eigenvalue weighted by Gasteiger charge is 2.09. The highest BCUT2D eigenvalue weighted by Crippen LogP contribution is 2.14. The number of hydrogen-bond donors (Lipinski definition) is 2. The molecular formula is C15H18ClN3O. The molecule has 20 heavy (non-hydrogen) atoms. The Morgan fingerprint density at radius 1 is 1.45 bits per heavy atom. The van der Waals surface area contributed by atoms with Crippen molar-refractivity contribution in [3.63, 3.8) is 0 Å². The predicted octanol–water partition coefficient (Wildman–Crippen LogP) is 2.75. The first kappa shape index (κ1) is 16.1. The second kappa shape index (κ2) is 9.00. The third kappa shape index (κ3) is 5.33. The van der Waals surface area contributed by atoms with Crippen LogP contribution in [0.3, 0.4) is 0 Å².